The van der Waals surface area contributed by atoms with Crippen molar-refractivity contribution < 1.29 is 28.7 Å². The van der Waals surface area contributed by atoms with Gasteiger partial charge in [-0.25, -0.2) is 4.79 Å². The molecule has 0 heterocycles. The Bertz CT molecular complexity index is 1280. The van der Waals surface area contributed by atoms with Crippen molar-refractivity contribution in [2.24, 2.45) is 0 Å². The molecule has 1 aliphatic carbocycles. The fourth-order valence-electron chi connectivity index (χ4n) is 3.46. The third-order valence-corrected chi connectivity index (χ3v) is 5.15. The Balaban J connectivity index is 1.54. The molecule has 32 heavy (non-hydrogen) atoms. The molecule has 0 saturated heterocycles. The lowest BCUT2D eigenvalue weighted by atomic mass is 9.83. The van der Waals surface area contributed by atoms with E-state index < -0.39 is 18.0 Å². The molecule has 158 valence electrons. The van der Waals surface area contributed by atoms with Gasteiger partial charge in [-0.2, -0.15) is 0 Å². The van der Waals surface area contributed by atoms with Gasteiger partial charge in [0.25, 0.3) is 5.91 Å². The van der Waals surface area contributed by atoms with Gasteiger partial charge in [-0.3, -0.25) is 19.2 Å². The average molecular weight is 427 g/mol. The van der Waals surface area contributed by atoms with Crippen LogP contribution in [0.1, 0.15) is 59.5 Å². The lowest BCUT2D eigenvalue weighted by molar-refractivity contribution is -0.123. The van der Waals surface area contributed by atoms with Crippen LogP contribution in [0.25, 0.3) is 0 Å². The zero-order valence-electron chi connectivity index (χ0n) is 17.0. The van der Waals surface area contributed by atoms with Gasteiger partial charge in [0, 0.05) is 22.3 Å². The van der Waals surface area contributed by atoms with Crippen LogP contribution in [0, 0.1) is 0 Å². The minimum Gasteiger partial charge on any atom is -0.449 e. The first-order chi connectivity index (χ1) is 15.4. The summed E-state index contributed by atoms with van der Waals surface area (Å²) in [6.45, 7) is 1.39. The van der Waals surface area contributed by atoms with Crippen molar-refractivity contribution in [3.8, 4) is 0 Å². The predicted octanol–water partition coefficient (Wildman–Crippen LogP) is 3.46. The largest absolute Gasteiger partial charge is 0.449 e. The highest BCUT2D eigenvalue weighted by atomic mass is 16.5. The summed E-state index contributed by atoms with van der Waals surface area (Å²) in [7, 11) is 0. The van der Waals surface area contributed by atoms with Crippen LogP contribution in [0.2, 0.25) is 0 Å². The maximum Gasteiger partial charge on any atom is 0.338 e. The normalized spacial score (nSPS) is 12.9. The van der Waals surface area contributed by atoms with Gasteiger partial charge in [-0.05, 0) is 25.1 Å². The summed E-state index contributed by atoms with van der Waals surface area (Å²) in [6.07, 6.45) is -0.526. The van der Waals surface area contributed by atoms with E-state index in [0.717, 1.165) is 0 Å². The van der Waals surface area contributed by atoms with E-state index in [1.54, 1.807) is 30.3 Å². The molecule has 1 atom stereocenters. The number of esters is 1. The number of hydrogen-bond acceptors (Lipinski definition) is 6. The Hall–Kier alpha value is -4.39. The van der Waals surface area contributed by atoms with E-state index >= 15 is 0 Å². The van der Waals surface area contributed by atoms with Crippen LogP contribution < -0.4 is 5.32 Å². The molecule has 0 bridgehead atoms. The number of carbonyl (C=O) groups is 5. The summed E-state index contributed by atoms with van der Waals surface area (Å²) in [5.74, 6) is -2.06. The Morgan fingerprint density at radius 3 is 2.12 bits per heavy atom. The smallest absolute Gasteiger partial charge is 0.338 e. The Morgan fingerprint density at radius 2 is 1.47 bits per heavy atom. The minimum absolute atomic E-state index is 0.104. The second kappa shape index (κ2) is 8.39. The van der Waals surface area contributed by atoms with Crippen LogP contribution >= 0.6 is 0 Å². The fourth-order valence-corrected chi connectivity index (χ4v) is 3.46. The van der Waals surface area contributed by atoms with Gasteiger partial charge in [-0.15, -0.1) is 0 Å². The summed E-state index contributed by atoms with van der Waals surface area (Å²) < 4.78 is 5.20. The zero-order valence-corrected chi connectivity index (χ0v) is 17.0. The van der Waals surface area contributed by atoms with Crippen LogP contribution in [0.15, 0.2) is 66.7 Å². The average Bonchev–Trinajstić information content (AvgIpc) is 2.82. The lowest BCUT2D eigenvalue weighted by Gasteiger charge is -2.21. The van der Waals surface area contributed by atoms with Crippen LogP contribution in [0.5, 0.6) is 0 Å². The number of anilines is 1. The number of hydrogen-bond donors (Lipinski definition) is 1. The van der Waals surface area contributed by atoms with Crippen molar-refractivity contribution in [3.63, 3.8) is 0 Å². The first-order valence-electron chi connectivity index (χ1n) is 9.79. The summed E-state index contributed by atoms with van der Waals surface area (Å²) in [6, 6.07) is 16.9. The molecule has 1 amide bonds. The van der Waals surface area contributed by atoms with Crippen molar-refractivity contribution in [3.05, 3.63) is 100 Å². The van der Waals surface area contributed by atoms with E-state index in [4.69, 9.17) is 4.74 Å². The monoisotopic (exact) mass is 427 g/mol. The van der Waals surface area contributed by atoms with E-state index in [9.17, 15) is 24.0 Å². The van der Waals surface area contributed by atoms with Gasteiger partial charge in [0.1, 0.15) is 6.29 Å². The molecule has 4 rings (SSSR count). The highest BCUT2D eigenvalue weighted by molar-refractivity contribution is 6.30. The molecule has 7 heteroatoms. The Kier molecular flexibility index (Phi) is 5.47. The standard InChI is InChI=1S/C25H17NO6/c1-14(32-25(31)16-11-9-15(13-27)10-12-16)24(30)26-20-8-4-7-19-21(20)23(29)18-6-3-2-5-17(18)22(19)28/h2-14H,1H3,(H,26,30). The number of benzene rings is 3. The number of rotatable bonds is 5. The van der Waals surface area contributed by atoms with Gasteiger partial charge in [0.15, 0.2) is 17.7 Å². The summed E-state index contributed by atoms with van der Waals surface area (Å²) in [5.41, 5.74) is 1.64. The topological polar surface area (TPSA) is 107 Å². The molecule has 1 N–H and O–H groups in total. The maximum absolute atomic E-state index is 13.0. The van der Waals surface area contributed by atoms with E-state index in [2.05, 4.69) is 5.32 Å². The van der Waals surface area contributed by atoms with E-state index in [0.29, 0.717) is 17.4 Å². The van der Waals surface area contributed by atoms with Crippen molar-refractivity contribution in [2.45, 2.75) is 13.0 Å². The predicted molar refractivity (Wildman–Crippen MR) is 115 cm³/mol. The molecule has 0 saturated carbocycles. The molecule has 3 aromatic carbocycles. The molecule has 0 spiro atoms. The number of aldehydes is 1. The third-order valence-electron chi connectivity index (χ3n) is 5.15. The molecule has 1 aliphatic rings. The molecule has 7 nitrogen and oxygen atoms in total. The highest BCUT2D eigenvalue weighted by Crippen LogP contribution is 2.32. The van der Waals surface area contributed by atoms with Gasteiger partial charge >= 0.3 is 5.97 Å². The van der Waals surface area contributed by atoms with Crippen molar-refractivity contribution in [1.29, 1.82) is 0 Å². The number of ether oxygens (including phenoxy) is 1. The highest BCUT2D eigenvalue weighted by Gasteiger charge is 2.32. The molecule has 1 unspecified atom stereocenters. The van der Waals surface area contributed by atoms with E-state index in [-0.39, 0.29) is 39.5 Å². The first kappa shape index (κ1) is 20.9. The van der Waals surface area contributed by atoms with E-state index in [1.165, 1.54) is 43.3 Å². The van der Waals surface area contributed by atoms with Gasteiger partial charge < -0.3 is 10.1 Å². The van der Waals surface area contributed by atoms with Crippen molar-refractivity contribution in [2.75, 3.05) is 5.32 Å². The lowest BCUT2D eigenvalue weighted by Crippen LogP contribution is -2.31. The van der Waals surface area contributed by atoms with Crippen molar-refractivity contribution in [1.82, 2.24) is 0 Å². The molecular formula is C25H17NO6. The molecule has 0 aliphatic heterocycles. The number of nitrogens with one attached hydrogen (secondary N) is 1. The molecular weight excluding hydrogens is 410 g/mol. The Labute approximate surface area is 183 Å². The first-order valence-corrected chi connectivity index (χ1v) is 9.79. The second-order valence-electron chi connectivity index (χ2n) is 7.21. The summed E-state index contributed by atoms with van der Waals surface area (Å²) >= 11 is 0. The quantitative estimate of drug-likeness (QED) is 0.386. The van der Waals surface area contributed by atoms with Crippen LogP contribution in [-0.2, 0) is 9.53 Å². The molecule has 0 radical (unpaired) electrons. The second-order valence-corrected chi connectivity index (χ2v) is 7.21. The minimum atomic E-state index is -1.18. The van der Waals surface area contributed by atoms with Crippen LogP contribution in [0.4, 0.5) is 5.69 Å². The maximum atomic E-state index is 13.0. The number of carbonyl (C=O) groups excluding carboxylic acids is 5. The summed E-state index contributed by atoms with van der Waals surface area (Å²) in [4.78, 5) is 61.5. The number of amides is 1. The third kappa shape index (κ3) is 3.72. The zero-order chi connectivity index (χ0) is 22.8. The number of ketones is 2. The Morgan fingerprint density at radius 1 is 0.844 bits per heavy atom. The van der Waals surface area contributed by atoms with Crippen molar-refractivity contribution >= 4 is 35.4 Å². The fraction of sp³-hybridized carbons (Fsp3) is 0.0800. The summed E-state index contributed by atoms with van der Waals surface area (Å²) in [5, 5.41) is 2.59. The SMILES string of the molecule is CC(OC(=O)c1ccc(C=O)cc1)C(=O)Nc1cccc2c1C(=O)c1ccccc1C2=O. The van der Waals surface area contributed by atoms with Crippen LogP contribution in [-0.4, -0.2) is 35.8 Å². The van der Waals surface area contributed by atoms with Gasteiger partial charge in [0.2, 0.25) is 0 Å². The van der Waals surface area contributed by atoms with E-state index in [1.807, 2.05) is 0 Å². The van der Waals surface area contributed by atoms with Gasteiger partial charge in [0.05, 0.1) is 16.8 Å². The van der Waals surface area contributed by atoms with Crippen LogP contribution in [0.3, 0.4) is 0 Å². The number of fused-ring (bicyclic) bond motifs is 2. The molecule has 0 aromatic heterocycles. The van der Waals surface area contributed by atoms with Gasteiger partial charge in [-0.1, -0.05) is 48.5 Å². The molecule has 3 aromatic rings. The molecule has 0 fully saturated rings.